The lowest BCUT2D eigenvalue weighted by Crippen LogP contribution is -2.10. The number of carboxylic acids is 1. The van der Waals surface area contributed by atoms with Crippen molar-refractivity contribution in [1.82, 2.24) is 4.57 Å². The summed E-state index contributed by atoms with van der Waals surface area (Å²) in [7, 11) is 0. The van der Waals surface area contributed by atoms with Crippen LogP contribution in [0.15, 0.2) is 12.3 Å². The van der Waals surface area contributed by atoms with Crippen LogP contribution in [0.3, 0.4) is 0 Å². The largest absolute Gasteiger partial charge is 0.477 e. The maximum Gasteiger partial charge on any atom is 0.352 e. The van der Waals surface area contributed by atoms with Gasteiger partial charge in [0.25, 0.3) is 0 Å². The molecule has 3 fully saturated rings. The quantitative estimate of drug-likeness (QED) is 0.849. The Labute approximate surface area is 111 Å². The minimum Gasteiger partial charge on any atom is -0.477 e. The van der Waals surface area contributed by atoms with Crippen molar-refractivity contribution in [2.75, 3.05) is 0 Å². The van der Waals surface area contributed by atoms with Crippen LogP contribution in [0, 0.1) is 23.7 Å². The third-order valence-electron chi connectivity index (χ3n) is 5.49. The van der Waals surface area contributed by atoms with Gasteiger partial charge >= 0.3 is 5.97 Å². The third kappa shape index (κ3) is 1.40. The van der Waals surface area contributed by atoms with Gasteiger partial charge in [0, 0.05) is 17.8 Å². The van der Waals surface area contributed by atoms with Crippen molar-refractivity contribution in [2.24, 2.45) is 23.7 Å². The molecule has 4 unspecified atom stereocenters. The number of aromatic nitrogens is 1. The lowest BCUT2D eigenvalue weighted by molar-refractivity contribution is 0.0683. The molecule has 1 heterocycles. The Bertz CT molecular complexity index is 572. The van der Waals surface area contributed by atoms with E-state index in [0.29, 0.717) is 23.4 Å². The Morgan fingerprint density at radius 3 is 2.42 bits per heavy atom. The molecule has 0 radical (unpaired) electrons. The van der Waals surface area contributed by atoms with Gasteiger partial charge in [0.2, 0.25) is 0 Å². The molecule has 4 nitrogen and oxygen atoms in total. The van der Waals surface area contributed by atoms with Crippen LogP contribution in [0.1, 0.15) is 53.1 Å². The first kappa shape index (κ1) is 11.3. The predicted molar refractivity (Wildman–Crippen MR) is 68.2 cm³/mol. The molecular formula is C15H17NO3. The summed E-state index contributed by atoms with van der Waals surface area (Å²) in [6.07, 6.45) is 5.72. The van der Waals surface area contributed by atoms with Gasteiger partial charge in [-0.2, -0.15) is 0 Å². The molecule has 19 heavy (non-hydrogen) atoms. The molecule has 1 aromatic heterocycles. The molecule has 4 rings (SSSR count). The SMILES string of the molecule is CC(=O)c1cc(C(=O)O)n(C2C3C4CCC(C4)C32)c1. The molecule has 3 saturated carbocycles. The predicted octanol–water partition coefficient (Wildman–Crippen LogP) is 2.61. The molecule has 0 spiro atoms. The second kappa shape index (κ2) is 3.50. The van der Waals surface area contributed by atoms with Crippen LogP contribution in [-0.2, 0) is 0 Å². The van der Waals surface area contributed by atoms with E-state index in [2.05, 4.69) is 0 Å². The fraction of sp³-hybridized carbons (Fsp3) is 0.600. The van der Waals surface area contributed by atoms with E-state index in [0.717, 1.165) is 11.8 Å². The van der Waals surface area contributed by atoms with E-state index in [1.807, 2.05) is 4.57 Å². The van der Waals surface area contributed by atoms with E-state index < -0.39 is 5.97 Å². The standard InChI is InChI=1S/C15H17NO3/c1-7(17)10-5-11(15(18)19)16(6-10)14-12-8-2-3-9(4-8)13(12)14/h5-6,8-9,12-14H,2-4H2,1H3,(H,18,19). The molecule has 4 atom stereocenters. The molecule has 4 heteroatoms. The highest BCUT2D eigenvalue weighted by atomic mass is 16.4. The smallest absolute Gasteiger partial charge is 0.352 e. The number of hydrogen-bond donors (Lipinski definition) is 1. The molecule has 0 aromatic carbocycles. The molecule has 0 aliphatic heterocycles. The summed E-state index contributed by atoms with van der Waals surface area (Å²) in [5.41, 5.74) is 0.804. The number of carbonyl (C=O) groups excluding carboxylic acids is 1. The summed E-state index contributed by atoms with van der Waals surface area (Å²) in [5.74, 6) is 1.95. The van der Waals surface area contributed by atoms with Crippen molar-refractivity contribution < 1.29 is 14.7 Å². The van der Waals surface area contributed by atoms with Crippen molar-refractivity contribution >= 4 is 11.8 Å². The zero-order chi connectivity index (χ0) is 13.3. The Hall–Kier alpha value is -1.58. The maximum atomic E-state index is 11.5. The van der Waals surface area contributed by atoms with E-state index >= 15 is 0 Å². The average Bonchev–Trinajstić information content (AvgIpc) is 2.77. The lowest BCUT2D eigenvalue weighted by atomic mass is 10.0. The van der Waals surface area contributed by atoms with Crippen molar-refractivity contribution in [3.05, 3.63) is 23.5 Å². The van der Waals surface area contributed by atoms with Crippen LogP contribution in [0.5, 0.6) is 0 Å². The van der Waals surface area contributed by atoms with Gasteiger partial charge in [-0.15, -0.1) is 0 Å². The number of Topliss-reactive ketones (excluding diaryl/α,β-unsaturated/α-hetero) is 1. The number of ketones is 1. The van der Waals surface area contributed by atoms with Crippen LogP contribution < -0.4 is 0 Å². The van der Waals surface area contributed by atoms with Gasteiger partial charge in [0.15, 0.2) is 5.78 Å². The second-order valence-corrected chi connectivity index (χ2v) is 6.36. The van der Waals surface area contributed by atoms with Crippen molar-refractivity contribution in [1.29, 1.82) is 0 Å². The summed E-state index contributed by atoms with van der Waals surface area (Å²) in [4.78, 5) is 22.8. The molecular weight excluding hydrogens is 242 g/mol. The summed E-state index contributed by atoms with van der Waals surface area (Å²) >= 11 is 0. The van der Waals surface area contributed by atoms with E-state index in [9.17, 15) is 14.7 Å². The summed E-state index contributed by atoms with van der Waals surface area (Å²) in [6.45, 7) is 1.49. The molecule has 0 amide bonds. The van der Waals surface area contributed by atoms with Crippen LogP contribution in [0.4, 0.5) is 0 Å². The zero-order valence-corrected chi connectivity index (χ0v) is 10.9. The van der Waals surface area contributed by atoms with E-state index in [-0.39, 0.29) is 11.5 Å². The molecule has 0 saturated heterocycles. The minimum absolute atomic E-state index is 0.0602. The number of hydrogen-bond acceptors (Lipinski definition) is 2. The van der Waals surface area contributed by atoms with Gasteiger partial charge in [0.05, 0.1) is 0 Å². The van der Waals surface area contributed by atoms with Crippen LogP contribution in [0.25, 0.3) is 0 Å². The van der Waals surface area contributed by atoms with Crippen molar-refractivity contribution in [2.45, 2.75) is 32.2 Å². The van der Waals surface area contributed by atoms with Gasteiger partial charge in [-0.3, -0.25) is 4.79 Å². The van der Waals surface area contributed by atoms with Crippen LogP contribution in [0.2, 0.25) is 0 Å². The molecule has 3 aliphatic rings. The first-order valence-corrected chi connectivity index (χ1v) is 7.04. The van der Waals surface area contributed by atoms with Crippen LogP contribution in [-0.4, -0.2) is 21.4 Å². The van der Waals surface area contributed by atoms with Gasteiger partial charge in [-0.1, -0.05) is 0 Å². The van der Waals surface area contributed by atoms with Crippen molar-refractivity contribution in [3.8, 4) is 0 Å². The molecule has 1 N–H and O–H groups in total. The Kier molecular flexibility index (Phi) is 2.07. The first-order valence-electron chi connectivity index (χ1n) is 7.04. The molecule has 1 aromatic rings. The fourth-order valence-electron chi connectivity index (χ4n) is 4.74. The summed E-state index contributed by atoms with van der Waals surface area (Å²) in [5, 5.41) is 9.32. The monoisotopic (exact) mass is 259 g/mol. The lowest BCUT2D eigenvalue weighted by Gasteiger charge is -2.12. The minimum atomic E-state index is -0.926. The van der Waals surface area contributed by atoms with E-state index in [4.69, 9.17) is 0 Å². The highest BCUT2D eigenvalue weighted by Crippen LogP contribution is 2.71. The highest BCUT2D eigenvalue weighted by molar-refractivity contribution is 5.97. The summed E-state index contributed by atoms with van der Waals surface area (Å²) in [6, 6.07) is 1.87. The second-order valence-electron chi connectivity index (χ2n) is 6.36. The number of aromatic carboxylic acids is 1. The van der Waals surface area contributed by atoms with E-state index in [1.165, 1.54) is 32.3 Å². The van der Waals surface area contributed by atoms with E-state index in [1.54, 1.807) is 6.20 Å². The Morgan fingerprint density at radius 1 is 1.26 bits per heavy atom. The number of carbonyl (C=O) groups is 2. The summed E-state index contributed by atoms with van der Waals surface area (Å²) < 4.78 is 1.87. The number of fused-ring (bicyclic) bond motifs is 5. The number of nitrogens with zero attached hydrogens (tertiary/aromatic N) is 1. The molecule has 2 bridgehead atoms. The van der Waals surface area contributed by atoms with Gasteiger partial charge in [0.1, 0.15) is 5.69 Å². The molecule has 3 aliphatic carbocycles. The fourth-order valence-corrected chi connectivity index (χ4v) is 4.74. The first-order chi connectivity index (χ1) is 9.08. The topological polar surface area (TPSA) is 59.3 Å². The third-order valence-corrected chi connectivity index (χ3v) is 5.49. The Morgan fingerprint density at radius 2 is 1.89 bits per heavy atom. The highest BCUT2D eigenvalue weighted by Gasteiger charge is 2.66. The van der Waals surface area contributed by atoms with Gasteiger partial charge in [-0.05, 0) is 55.9 Å². The van der Waals surface area contributed by atoms with Crippen molar-refractivity contribution in [3.63, 3.8) is 0 Å². The van der Waals surface area contributed by atoms with Gasteiger partial charge < -0.3 is 9.67 Å². The zero-order valence-electron chi connectivity index (χ0n) is 10.9. The Balaban J connectivity index is 1.72. The number of carboxylic acid groups (broad SMARTS) is 1. The normalized spacial score (nSPS) is 38.3. The van der Waals surface area contributed by atoms with Gasteiger partial charge in [-0.25, -0.2) is 4.79 Å². The van der Waals surface area contributed by atoms with Crippen LogP contribution >= 0.6 is 0 Å². The average molecular weight is 259 g/mol. The molecule has 100 valence electrons. The number of rotatable bonds is 3. The maximum absolute atomic E-state index is 11.5.